The third kappa shape index (κ3) is 2.70. The van der Waals surface area contributed by atoms with Crippen LogP contribution in [-0.4, -0.2) is 49.0 Å². The van der Waals surface area contributed by atoms with Gasteiger partial charge in [-0.25, -0.2) is 0 Å². The van der Waals surface area contributed by atoms with Gasteiger partial charge in [-0.15, -0.1) is 0 Å². The van der Waals surface area contributed by atoms with Crippen LogP contribution in [0.1, 0.15) is 12.8 Å². The van der Waals surface area contributed by atoms with Crippen LogP contribution >= 0.6 is 0 Å². The van der Waals surface area contributed by atoms with Crippen molar-refractivity contribution in [2.75, 3.05) is 33.2 Å². The van der Waals surface area contributed by atoms with Gasteiger partial charge in [0.05, 0.1) is 0 Å². The highest BCUT2D eigenvalue weighted by Crippen LogP contribution is 2.05. The van der Waals surface area contributed by atoms with Crippen molar-refractivity contribution in [3.05, 3.63) is 0 Å². The van der Waals surface area contributed by atoms with Gasteiger partial charge in [-0.1, -0.05) is 0 Å². The fourth-order valence-corrected chi connectivity index (χ4v) is 1.42. The van der Waals surface area contributed by atoms with Gasteiger partial charge >= 0.3 is 0 Å². The molecule has 1 rings (SSSR count). The topological polar surface area (TPSA) is 56.4 Å². The molecule has 1 heterocycles. The second kappa shape index (κ2) is 4.30. The van der Waals surface area contributed by atoms with Gasteiger partial charge in [0.25, 0.3) is 0 Å². The second-order valence-electron chi connectivity index (χ2n) is 3.36. The average molecular weight is 170 g/mol. The van der Waals surface area contributed by atoms with E-state index in [-0.39, 0.29) is 5.96 Å². The van der Waals surface area contributed by atoms with Crippen LogP contribution in [0, 0.1) is 5.41 Å². The molecule has 1 fully saturated rings. The van der Waals surface area contributed by atoms with E-state index in [0.29, 0.717) is 0 Å². The molecular weight excluding hydrogens is 152 g/mol. The van der Waals surface area contributed by atoms with Crippen molar-refractivity contribution in [2.24, 2.45) is 5.73 Å². The van der Waals surface area contributed by atoms with Gasteiger partial charge in [0.2, 0.25) is 0 Å². The van der Waals surface area contributed by atoms with Crippen LogP contribution in [0.25, 0.3) is 0 Å². The van der Waals surface area contributed by atoms with Gasteiger partial charge in [0.1, 0.15) is 0 Å². The summed E-state index contributed by atoms with van der Waals surface area (Å²) in [5, 5.41) is 7.16. The number of nitrogens with two attached hydrogens (primary N) is 1. The molecule has 0 amide bonds. The Morgan fingerprint density at radius 2 is 2.08 bits per heavy atom. The van der Waals surface area contributed by atoms with E-state index in [0.717, 1.165) is 13.1 Å². The highest BCUT2D eigenvalue weighted by molar-refractivity contribution is 5.74. The Labute approximate surface area is 73.8 Å². The highest BCUT2D eigenvalue weighted by Gasteiger charge is 2.11. The van der Waals surface area contributed by atoms with Crippen LogP contribution in [0.3, 0.4) is 0 Å². The number of hydrogen-bond donors (Lipinski definition) is 2. The smallest absolute Gasteiger partial charge is 0.188 e. The summed E-state index contributed by atoms with van der Waals surface area (Å²) in [6.07, 6.45) is 2.65. The number of nitrogens with one attached hydrogen (secondary N) is 1. The van der Waals surface area contributed by atoms with Crippen molar-refractivity contribution < 1.29 is 0 Å². The van der Waals surface area contributed by atoms with Crippen LogP contribution in [-0.2, 0) is 0 Å². The van der Waals surface area contributed by atoms with E-state index in [1.165, 1.54) is 25.9 Å². The van der Waals surface area contributed by atoms with Crippen molar-refractivity contribution in [1.82, 2.24) is 9.80 Å². The Bertz CT molecular complexity index is 151. The van der Waals surface area contributed by atoms with Crippen LogP contribution < -0.4 is 5.73 Å². The lowest BCUT2D eigenvalue weighted by molar-refractivity contribution is 0.306. The van der Waals surface area contributed by atoms with Crippen molar-refractivity contribution in [2.45, 2.75) is 12.8 Å². The minimum absolute atomic E-state index is 0.161. The third-order valence-corrected chi connectivity index (χ3v) is 2.36. The quantitative estimate of drug-likeness (QED) is 0.459. The fourth-order valence-electron chi connectivity index (χ4n) is 1.42. The molecule has 0 aromatic carbocycles. The molecule has 0 atom stereocenters. The van der Waals surface area contributed by atoms with Crippen LogP contribution in [0.4, 0.5) is 0 Å². The molecule has 0 bridgehead atoms. The van der Waals surface area contributed by atoms with Gasteiger partial charge < -0.3 is 15.5 Å². The van der Waals surface area contributed by atoms with E-state index in [2.05, 4.69) is 4.90 Å². The maximum atomic E-state index is 7.16. The van der Waals surface area contributed by atoms with Crippen LogP contribution in [0.15, 0.2) is 0 Å². The summed E-state index contributed by atoms with van der Waals surface area (Å²) in [7, 11) is 1.86. The molecule has 0 aliphatic carbocycles. The highest BCUT2D eigenvalue weighted by atomic mass is 15.2. The zero-order chi connectivity index (χ0) is 8.97. The zero-order valence-corrected chi connectivity index (χ0v) is 7.71. The number of hydrogen-bond acceptors (Lipinski definition) is 2. The van der Waals surface area contributed by atoms with Crippen LogP contribution in [0.5, 0.6) is 0 Å². The first kappa shape index (κ1) is 9.32. The standard InChI is InChI=1S/C8H18N4/c1-11(8(9)10)6-7-12-4-2-3-5-12/h2-7H2,1H3,(H3,9,10). The summed E-state index contributed by atoms with van der Waals surface area (Å²) in [6, 6.07) is 0. The van der Waals surface area contributed by atoms with E-state index in [4.69, 9.17) is 11.1 Å². The monoisotopic (exact) mass is 170 g/mol. The van der Waals surface area contributed by atoms with Gasteiger partial charge in [-0.2, -0.15) is 0 Å². The fraction of sp³-hybridized carbons (Fsp3) is 0.875. The molecule has 0 spiro atoms. The summed E-state index contributed by atoms with van der Waals surface area (Å²) < 4.78 is 0. The predicted molar refractivity (Wildman–Crippen MR) is 50.2 cm³/mol. The maximum Gasteiger partial charge on any atom is 0.188 e. The SMILES string of the molecule is CN(CCN1CCCC1)C(=N)N. The molecule has 1 saturated heterocycles. The first-order valence-electron chi connectivity index (χ1n) is 4.47. The van der Waals surface area contributed by atoms with Gasteiger partial charge in [-0.3, -0.25) is 5.41 Å². The van der Waals surface area contributed by atoms with E-state index in [1.807, 2.05) is 7.05 Å². The molecule has 0 aromatic heterocycles. The van der Waals surface area contributed by atoms with Gasteiger partial charge in [-0.05, 0) is 25.9 Å². The maximum absolute atomic E-state index is 7.16. The Hall–Kier alpha value is -0.770. The third-order valence-electron chi connectivity index (χ3n) is 2.36. The largest absolute Gasteiger partial charge is 0.370 e. The lowest BCUT2D eigenvalue weighted by atomic mass is 10.4. The summed E-state index contributed by atoms with van der Waals surface area (Å²) in [5.41, 5.74) is 5.31. The lowest BCUT2D eigenvalue weighted by Crippen LogP contribution is -2.38. The number of guanidine groups is 1. The molecule has 0 radical (unpaired) electrons. The van der Waals surface area contributed by atoms with Crippen molar-refractivity contribution in [3.63, 3.8) is 0 Å². The molecule has 4 nitrogen and oxygen atoms in total. The number of likely N-dealkylation sites (tertiary alicyclic amines) is 1. The Morgan fingerprint density at radius 1 is 1.50 bits per heavy atom. The predicted octanol–water partition coefficient (Wildman–Crippen LogP) is -0.0925. The van der Waals surface area contributed by atoms with E-state index >= 15 is 0 Å². The minimum Gasteiger partial charge on any atom is -0.370 e. The Morgan fingerprint density at radius 3 is 2.58 bits per heavy atom. The molecule has 70 valence electrons. The summed E-state index contributed by atoms with van der Waals surface area (Å²) in [4.78, 5) is 4.19. The molecule has 0 saturated carbocycles. The first-order chi connectivity index (χ1) is 5.70. The van der Waals surface area contributed by atoms with E-state index in [9.17, 15) is 0 Å². The summed E-state index contributed by atoms with van der Waals surface area (Å²) >= 11 is 0. The average Bonchev–Trinajstić information content (AvgIpc) is 2.51. The summed E-state index contributed by atoms with van der Waals surface area (Å²) in [6.45, 7) is 4.34. The van der Waals surface area contributed by atoms with Gasteiger partial charge in [0.15, 0.2) is 5.96 Å². The number of nitrogens with zero attached hydrogens (tertiary/aromatic N) is 2. The molecule has 0 aromatic rings. The number of likely N-dealkylation sites (N-methyl/N-ethyl adjacent to an activating group) is 1. The van der Waals surface area contributed by atoms with E-state index in [1.54, 1.807) is 4.90 Å². The lowest BCUT2D eigenvalue weighted by Gasteiger charge is -2.21. The van der Waals surface area contributed by atoms with Crippen molar-refractivity contribution in [3.8, 4) is 0 Å². The van der Waals surface area contributed by atoms with Gasteiger partial charge in [0, 0.05) is 20.1 Å². The van der Waals surface area contributed by atoms with Crippen molar-refractivity contribution in [1.29, 1.82) is 5.41 Å². The molecule has 12 heavy (non-hydrogen) atoms. The van der Waals surface area contributed by atoms with Crippen LogP contribution in [0.2, 0.25) is 0 Å². The zero-order valence-electron chi connectivity index (χ0n) is 7.71. The molecule has 0 unspecified atom stereocenters. The normalized spacial score (nSPS) is 18.1. The summed E-state index contributed by atoms with van der Waals surface area (Å²) in [5.74, 6) is 0.161. The molecule has 4 heteroatoms. The van der Waals surface area contributed by atoms with Crippen molar-refractivity contribution >= 4 is 5.96 Å². The molecule has 1 aliphatic heterocycles. The minimum atomic E-state index is 0.161. The number of rotatable bonds is 3. The molecule has 1 aliphatic rings. The Balaban J connectivity index is 2.11. The van der Waals surface area contributed by atoms with E-state index < -0.39 is 0 Å². The molecule has 3 N–H and O–H groups in total. The second-order valence-corrected chi connectivity index (χ2v) is 3.36. The Kier molecular flexibility index (Phi) is 3.34. The molecular formula is C8H18N4. The first-order valence-corrected chi connectivity index (χ1v) is 4.47.